The van der Waals surface area contributed by atoms with Crippen molar-refractivity contribution in [1.29, 1.82) is 0 Å². The first kappa shape index (κ1) is 12.0. The molecule has 1 N–H and O–H groups in total. The van der Waals surface area contributed by atoms with Gasteiger partial charge in [0, 0.05) is 25.2 Å². The summed E-state index contributed by atoms with van der Waals surface area (Å²) in [5, 5.41) is 3.28. The van der Waals surface area contributed by atoms with Gasteiger partial charge in [-0.3, -0.25) is 4.79 Å². The number of benzene rings is 1. The second-order valence-corrected chi connectivity index (χ2v) is 4.42. The minimum Gasteiger partial charge on any atom is -0.337 e. The SMILES string of the molecule is CN(C(=O)c1ccc(F)cc1)[C@H]1CCCNC1. The number of hydrogen-bond acceptors (Lipinski definition) is 2. The molecular formula is C13H17FN2O. The average molecular weight is 236 g/mol. The Hall–Kier alpha value is -1.42. The molecule has 2 rings (SSSR count). The summed E-state index contributed by atoms with van der Waals surface area (Å²) in [6.45, 7) is 1.86. The molecule has 0 radical (unpaired) electrons. The molecule has 1 heterocycles. The van der Waals surface area contributed by atoms with E-state index in [9.17, 15) is 9.18 Å². The van der Waals surface area contributed by atoms with E-state index < -0.39 is 0 Å². The molecule has 4 heteroatoms. The molecule has 0 saturated carbocycles. The molecule has 1 aliphatic rings. The van der Waals surface area contributed by atoms with Crippen LogP contribution in [0.4, 0.5) is 4.39 Å². The fourth-order valence-electron chi connectivity index (χ4n) is 2.13. The van der Waals surface area contributed by atoms with Gasteiger partial charge in [-0.15, -0.1) is 0 Å². The van der Waals surface area contributed by atoms with Gasteiger partial charge in [-0.25, -0.2) is 4.39 Å². The van der Waals surface area contributed by atoms with Gasteiger partial charge in [0.05, 0.1) is 0 Å². The van der Waals surface area contributed by atoms with Crippen LogP contribution in [0.2, 0.25) is 0 Å². The lowest BCUT2D eigenvalue weighted by Gasteiger charge is -2.31. The highest BCUT2D eigenvalue weighted by Crippen LogP contribution is 2.13. The summed E-state index contributed by atoms with van der Waals surface area (Å²) >= 11 is 0. The summed E-state index contributed by atoms with van der Waals surface area (Å²) in [5.41, 5.74) is 0.541. The third-order valence-electron chi connectivity index (χ3n) is 3.23. The van der Waals surface area contributed by atoms with E-state index in [0.717, 1.165) is 25.9 Å². The Balaban J connectivity index is 2.05. The lowest BCUT2D eigenvalue weighted by Crippen LogP contribution is -2.46. The molecule has 3 nitrogen and oxygen atoms in total. The third kappa shape index (κ3) is 2.82. The number of hydrogen-bond donors (Lipinski definition) is 1. The molecule has 0 unspecified atom stereocenters. The molecule has 92 valence electrons. The quantitative estimate of drug-likeness (QED) is 0.846. The second kappa shape index (κ2) is 5.27. The maximum absolute atomic E-state index is 12.8. The molecule has 0 spiro atoms. The van der Waals surface area contributed by atoms with E-state index >= 15 is 0 Å². The van der Waals surface area contributed by atoms with Gasteiger partial charge in [0.1, 0.15) is 5.82 Å². The summed E-state index contributed by atoms with van der Waals surface area (Å²) in [7, 11) is 1.81. The molecule has 1 amide bonds. The number of piperidine rings is 1. The first-order valence-electron chi connectivity index (χ1n) is 5.92. The predicted octanol–water partition coefficient (Wildman–Crippen LogP) is 1.65. The Bertz CT molecular complexity index is 385. The van der Waals surface area contributed by atoms with Gasteiger partial charge in [0.15, 0.2) is 0 Å². The van der Waals surface area contributed by atoms with Crippen LogP contribution in [0, 0.1) is 5.82 Å². The van der Waals surface area contributed by atoms with Crippen molar-refractivity contribution < 1.29 is 9.18 Å². The van der Waals surface area contributed by atoms with Gasteiger partial charge in [-0.05, 0) is 43.7 Å². The van der Waals surface area contributed by atoms with Crippen LogP contribution in [0.5, 0.6) is 0 Å². The van der Waals surface area contributed by atoms with Gasteiger partial charge in [0.2, 0.25) is 0 Å². The fraction of sp³-hybridized carbons (Fsp3) is 0.462. The number of amides is 1. The molecule has 0 aliphatic carbocycles. The maximum atomic E-state index is 12.8. The van der Waals surface area contributed by atoms with Crippen LogP contribution < -0.4 is 5.32 Å². The van der Waals surface area contributed by atoms with Crippen molar-refractivity contribution in [2.24, 2.45) is 0 Å². The number of nitrogens with zero attached hydrogens (tertiary/aromatic N) is 1. The van der Waals surface area contributed by atoms with Crippen LogP contribution in [0.15, 0.2) is 24.3 Å². The zero-order chi connectivity index (χ0) is 12.3. The Kier molecular flexibility index (Phi) is 3.74. The van der Waals surface area contributed by atoms with Crippen molar-refractivity contribution in [2.45, 2.75) is 18.9 Å². The van der Waals surface area contributed by atoms with Crippen molar-refractivity contribution >= 4 is 5.91 Å². The minimum absolute atomic E-state index is 0.0429. The van der Waals surface area contributed by atoms with E-state index in [1.165, 1.54) is 24.3 Å². The normalized spacial score (nSPS) is 20.0. The van der Waals surface area contributed by atoms with E-state index in [2.05, 4.69) is 5.32 Å². The minimum atomic E-state index is -0.316. The standard InChI is InChI=1S/C13H17FN2O/c1-16(12-3-2-8-15-9-12)13(17)10-4-6-11(14)7-5-10/h4-7,12,15H,2-3,8-9H2,1H3/t12-/m0/s1. The molecular weight excluding hydrogens is 219 g/mol. The van der Waals surface area contributed by atoms with Gasteiger partial charge in [-0.1, -0.05) is 0 Å². The number of carbonyl (C=O) groups is 1. The molecule has 0 bridgehead atoms. The molecule has 0 aromatic heterocycles. The summed E-state index contributed by atoms with van der Waals surface area (Å²) < 4.78 is 12.8. The lowest BCUT2D eigenvalue weighted by molar-refractivity contribution is 0.0708. The Morgan fingerprint density at radius 3 is 2.71 bits per heavy atom. The number of likely N-dealkylation sites (N-methyl/N-ethyl adjacent to an activating group) is 1. The molecule has 1 aromatic rings. The van der Waals surface area contributed by atoms with Crippen molar-refractivity contribution in [2.75, 3.05) is 20.1 Å². The average Bonchev–Trinajstić information content (AvgIpc) is 2.39. The van der Waals surface area contributed by atoms with E-state index in [4.69, 9.17) is 0 Å². The smallest absolute Gasteiger partial charge is 0.253 e. The molecule has 17 heavy (non-hydrogen) atoms. The van der Waals surface area contributed by atoms with Gasteiger partial charge >= 0.3 is 0 Å². The van der Waals surface area contributed by atoms with Crippen LogP contribution in [0.3, 0.4) is 0 Å². The van der Waals surface area contributed by atoms with E-state index in [0.29, 0.717) is 5.56 Å². The second-order valence-electron chi connectivity index (χ2n) is 4.42. The molecule has 1 aliphatic heterocycles. The van der Waals surface area contributed by atoms with Crippen molar-refractivity contribution in [3.63, 3.8) is 0 Å². The molecule has 1 saturated heterocycles. The predicted molar refractivity (Wildman–Crippen MR) is 64.4 cm³/mol. The van der Waals surface area contributed by atoms with Gasteiger partial charge in [0.25, 0.3) is 5.91 Å². The van der Waals surface area contributed by atoms with Gasteiger partial charge in [-0.2, -0.15) is 0 Å². The number of rotatable bonds is 2. The monoisotopic (exact) mass is 236 g/mol. The van der Waals surface area contributed by atoms with E-state index in [1.54, 1.807) is 4.90 Å². The lowest BCUT2D eigenvalue weighted by atomic mass is 10.1. The highest BCUT2D eigenvalue weighted by atomic mass is 19.1. The largest absolute Gasteiger partial charge is 0.337 e. The van der Waals surface area contributed by atoms with Crippen LogP contribution in [-0.4, -0.2) is 37.0 Å². The third-order valence-corrected chi connectivity index (χ3v) is 3.23. The number of halogens is 1. The zero-order valence-corrected chi connectivity index (χ0v) is 9.95. The van der Waals surface area contributed by atoms with Crippen molar-refractivity contribution in [1.82, 2.24) is 10.2 Å². The van der Waals surface area contributed by atoms with E-state index in [1.807, 2.05) is 7.05 Å². The summed E-state index contributed by atoms with van der Waals surface area (Å²) in [5.74, 6) is -0.359. The summed E-state index contributed by atoms with van der Waals surface area (Å²) in [4.78, 5) is 13.9. The molecule has 1 aromatic carbocycles. The maximum Gasteiger partial charge on any atom is 0.253 e. The van der Waals surface area contributed by atoms with E-state index in [-0.39, 0.29) is 17.8 Å². The topological polar surface area (TPSA) is 32.3 Å². The highest BCUT2D eigenvalue weighted by molar-refractivity contribution is 5.94. The van der Waals surface area contributed by atoms with Crippen LogP contribution >= 0.6 is 0 Å². The fourth-order valence-corrected chi connectivity index (χ4v) is 2.13. The number of nitrogens with one attached hydrogen (secondary N) is 1. The van der Waals surface area contributed by atoms with Crippen LogP contribution in [0.1, 0.15) is 23.2 Å². The highest BCUT2D eigenvalue weighted by Gasteiger charge is 2.22. The van der Waals surface area contributed by atoms with Gasteiger partial charge < -0.3 is 10.2 Å². The van der Waals surface area contributed by atoms with Crippen LogP contribution in [0.25, 0.3) is 0 Å². The Morgan fingerprint density at radius 1 is 1.41 bits per heavy atom. The molecule has 1 atom stereocenters. The van der Waals surface area contributed by atoms with Crippen molar-refractivity contribution in [3.05, 3.63) is 35.6 Å². The molecule has 1 fully saturated rings. The Labute approximate surface area is 101 Å². The zero-order valence-electron chi connectivity index (χ0n) is 9.95. The van der Waals surface area contributed by atoms with Crippen molar-refractivity contribution in [3.8, 4) is 0 Å². The van der Waals surface area contributed by atoms with Crippen LogP contribution in [-0.2, 0) is 0 Å². The first-order valence-corrected chi connectivity index (χ1v) is 5.92. The first-order chi connectivity index (χ1) is 8.18. The number of carbonyl (C=O) groups excluding carboxylic acids is 1. The Morgan fingerprint density at radius 2 is 2.12 bits per heavy atom. The summed E-state index contributed by atoms with van der Waals surface area (Å²) in [6, 6.07) is 5.94. The summed E-state index contributed by atoms with van der Waals surface area (Å²) in [6.07, 6.45) is 2.11.